The summed E-state index contributed by atoms with van der Waals surface area (Å²) in [7, 11) is 0. The predicted molar refractivity (Wildman–Crippen MR) is 414 cm³/mol. The van der Waals surface area contributed by atoms with Crippen LogP contribution in [0, 0.1) is 0 Å². The zero-order chi connectivity index (χ0) is 69.5. The van der Waals surface area contributed by atoms with Gasteiger partial charge in [0.05, 0.1) is 85.5 Å². The van der Waals surface area contributed by atoms with E-state index in [2.05, 4.69) is 120 Å². The molecule has 3 amide bonds. The van der Waals surface area contributed by atoms with Crippen molar-refractivity contribution in [3.05, 3.63) is 234 Å². The number of hydrogen-bond donors (Lipinski definition) is 5. The Morgan fingerprint density at radius 3 is 1.41 bits per heavy atom. The van der Waals surface area contributed by atoms with Crippen LogP contribution in [0.5, 0.6) is 0 Å². The summed E-state index contributed by atoms with van der Waals surface area (Å²) in [6.45, 7) is 15.9. The molecule has 3 aromatic heterocycles. The van der Waals surface area contributed by atoms with Crippen LogP contribution in [0.3, 0.4) is 0 Å². The molecule has 102 heavy (non-hydrogen) atoms. The second-order valence-corrected chi connectivity index (χ2v) is 28.6. The average molecular weight is 1380 g/mol. The molecule has 8 aromatic carbocycles. The van der Waals surface area contributed by atoms with E-state index in [1.54, 1.807) is 11.3 Å². The summed E-state index contributed by atoms with van der Waals surface area (Å²) in [6.07, 6.45) is 9.51. The van der Waals surface area contributed by atoms with Gasteiger partial charge in [-0.05, 0) is 155 Å². The Balaban J connectivity index is 0.000000124. The number of nitrogens with zero attached hydrogens (tertiary/aromatic N) is 6. The number of morpholine rings is 3. The van der Waals surface area contributed by atoms with Crippen LogP contribution in [0.2, 0.25) is 0 Å². The van der Waals surface area contributed by atoms with Crippen molar-refractivity contribution in [2.75, 3.05) is 133 Å². The molecule has 2 saturated carbocycles. The second kappa shape index (κ2) is 30.8. The number of carbonyl (C=O) groups is 3. The molecule has 0 radical (unpaired) electrons. The van der Waals surface area contributed by atoms with E-state index in [0.29, 0.717) is 64.4 Å². The molecular weight excluding hydrogens is 1290 g/mol. The smallest absolute Gasteiger partial charge is 0.328 e. The Morgan fingerprint density at radius 1 is 0.451 bits per heavy atom. The van der Waals surface area contributed by atoms with Crippen LogP contribution in [-0.4, -0.2) is 147 Å². The number of thiophene rings is 1. The van der Waals surface area contributed by atoms with Crippen molar-refractivity contribution in [1.82, 2.24) is 28.3 Å². The molecule has 1 unspecified atom stereocenters. The van der Waals surface area contributed by atoms with Gasteiger partial charge in [0.1, 0.15) is 12.2 Å². The molecular formula is C84H90N11O6S+. The van der Waals surface area contributed by atoms with Crippen molar-refractivity contribution < 1.29 is 28.6 Å². The minimum Gasteiger partial charge on any atom is -0.397 e. The Morgan fingerprint density at radius 2 is 0.912 bits per heavy atom. The maximum Gasteiger partial charge on any atom is 0.328 e. The largest absolute Gasteiger partial charge is 0.397 e. The molecule has 1 atom stereocenters. The molecule has 4 aliphatic heterocycles. The zero-order valence-corrected chi connectivity index (χ0v) is 58.6. The third-order valence-corrected chi connectivity index (χ3v) is 21.9. The van der Waals surface area contributed by atoms with Gasteiger partial charge in [-0.25, -0.2) is 4.79 Å². The highest BCUT2D eigenvalue weighted by molar-refractivity contribution is 7.13. The zero-order valence-electron chi connectivity index (χ0n) is 57.8. The normalized spacial score (nSPS) is 17.9. The number of anilines is 5. The van der Waals surface area contributed by atoms with Crippen molar-refractivity contribution in [1.29, 1.82) is 0 Å². The summed E-state index contributed by atoms with van der Waals surface area (Å²) in [5, 5.41) is 10.4. The summed E-state index contributed by atoms with van der Waals surface area (Å²) in [5.41, 5.74) is 37.0. The molecule has 18 heteroatoms. The number of hydrogen-bond acceptors (Lipinski definition) is 13. The van der Waals surface area contributed by atoms with Crippen LogP contribution < -0.4 is 32.3 Å². The minimum atomic E-state index is -0.128. The standard InChI is InChI=1S/C30H32N4O2.C28H30N4O2S.C26H28N3O2/c31-27-9-8-23(21-4-2-1-3-5-21)20-28(27)32-30(35)25-18-24-10-11-34(13-12-33-14-16-36-17-15-33)29(24)26(19-25)22-6-7-22;29-24-6-5-20(26-2-1-15-35-26)18-25(24)30-28(33)22-16-21-7-8-32(10-9-31-11-13-34-14-12-31)27(21)23(17-22)19-3-4-19;27-23-11-10-21(20-6-2-1-3-7-20)18-25(23)29(15-12-28-13-16-31-17-14-28)24-9-5-4-8-22(24)19-26(29)30/h1-5,8-11,18-20,22H,6-7,12-17,31H2,(H,32,35);1-2,5-8,15-19H,3-4,9-14,29H2,(H,30,33);1-11,18H,12-17,19,27H2/q;;+1. The number of aromatic nitrogens is 2. The Hall–Kier alpha value is -9.73. The first-order valence-corrected chi connectivity index (χ1v) is 37.0. The maximum absolute atomic E-state index is 13.7. The predicted octanol–water partition coefficient (Wildman–Crippen LogP) is 14.8. The van der Waals surface area contributed by atoms with Crippen LogP contribution in [-0.2, 0) is 38.5 Å². The lowest BCUT2D eigenvalue weighted by Gasteiger charge is -2.35. The van der Waals surface area contributed by atoms with Crippen LogP contribution in [0.1, 0.15) is 74.9 Å². The van der Waals surface area contributed by atoms with Crippen molar-refractivity contribution in [3.8, 4) is 32.7 Å². The van der Waals surface area contributed by atoms with Crippen LogP contribution in [0.4, 0.5) is 39.8 Å². The van der Waals surface area contributed by atoms with Crippen LogP contribution in [0.25, 0.3) is 54.5 Å². The van der Waals surface area contributed by atoms with E-state index in [1.165, 1.54) is 47.8 Å². The van der Waals surface area contributed by atoms with Gasteiger partial charge in [-0.15, -0.1) is 11.3 Å². The fraction of sp³-hybridized carbons (Fsp3) is 0.298. The first-order valence-electron chi connectivity index (χ1n) is 36.1. The molecule has 17 nitrogen and oxygen atoms in total. The summed E-state index contributed by atoms with van der Waals surface area (Å²) < 4.78 is 21.4. The molecule has 17 rings (SSSR count). The number of amides is 3. The number of carbonyl (C=O) groups excluding carboxylic acids is 3. The molecule has 0 bridgehead atoms. The first kappa shape index (κ1) is 68.1. The lowest BCUT2D eigenvalue weighted by Crippen LogP contribution is -2.52. The summed E-state index contributed by atoms with van der Waals surface area (Å²) in [5.74, 6) is 1.01. The topological polar surface area (TPSA) is 201 Å². The molecule has 11 aromatic rings. The third-order valence-electron chi connectivity index (χ3n) is 21.0. The van der Waals surface area contributed by atoms with E-state index in [1.807, 2.05) is 121 Å². The van der Waals surface area contributed by atoms with Gasteiger partial charge in [0, 0.05) is 129 Å². The van der Waals surface area contributed by atoms with Crippen molar-refractivity contribution >= 4 is 90.7 Å². The van der Waals surface area contributed by atoms with Gasteiger partial charge in [-0.3, -0.25) is 24.3 Å². The molecule has 5 fully saturated rings. The van der Waals surface area contributed by atoms with E-state index in [-0.39, 0.29) is 22.2 Å². The number of rotatable bonds is 19. The first-order chi connectivity index (χ1) is 50.0. The summed E-state index contributed by atoms with van der Waals surface area (Å²) in [4.78, 5) is 48.9. The Bertz CT molecular complexity index is 4780. The summed E-state index contributed by atoms with van der Waals surface area (Å²) in [6, 6.07) is 62.9. The number of benzene rings is 8. The van der Waals surface area contributed by atoms with E-state index in [0.717, 1.165) is 172 Å². The summed E-state index contributed by atoms with van der Waals surface area (Å²) >= 11 is 1.67. The van der Waals surface area contributed by atoms with E-state index >= 15 is 0 Å². The number of quaternary nitrogens is 1. The highest BCUT2D eigenvalue weighted by atomic mass is 32.1. The van der Waals surface area contributed by atoms with Crippen LogP contribution in [0.15, 0.2) is 206 Å². The molecule has 7 heterocycles. The Kier molecular flexibility index (Phi) is 20.6. The third kappa shape index (κ3) is 15.2. The van der Waals surface area contributed by atoms with Crippen molar-refractivity contribution in [2.24, 2.45) is 0 Å². The fourth-order valence-electron chi connectivity index (χ4n) is 15.0. The number of fused-ring (bicyclic) bond motifs is 3. The fourth-order valence-corrected chi connectivity index (χ4v) is 15.7. The number of nitrogen functional groups attached to an aromatic ring is 3. The van der Waals surface area contributed by atoms with Gasteiger partial charge in [-0.2, -0.15) is 4.48 Å². The van der Waals surface area contributed by atoms with Crippen molar-refractivity contribution in [3.63, 3.8) is 0 Å². The quantitative estimate of drug-likeness (QED) is 0.0379. The van der Waals surface area contributed by atoms with Gasteiger partial charge in [0.25, 0.3) is 11.8 Å². The maximum atomic E-state index is 13.7. The van der Waals surface area contributed by atoms with Crippen LogP contribution >= 0.6 is 11.3 Å². The molecule has 2 aliphatic carbocycles. The number of para-hydroxylation sites is 1. The Labute approximate surface area is 600 Å². The lowest BCUT2D eigenvalue weighted by molar-refractivity contribution is -0.126. The van der Waals surface area contributed by atoms with E-state index in [9.17, 15) is 14.4 Å². The number of nitrogens with one attached hydrogen (secondary N) is 2. The molecule has 522 valence electrons. The van der Waals surface area contributed by atoms with Gasteiger partial charge < -0.3 is 51.2 Å². The van der Waals surface area contributed by atoms with Gasteiger partial charge in [0.2, 0.25) is 0 Å². The minimum absolute atomic E-state index is 0.120. The molecule has 8 N–H and O–H groups in total. The highest BCUT2D eigenvalue weighted by Crippen LogP contribution is 2.48. The van der Waals surface area contributed by atoms with Gasteiger partial charge in [0.15, 0.2) is 5.69 Å². The van der Waals surface area contributed by atoms with Crippen molar-refractivity contribution in [2.45, 2.75) is 57.0 Å². The van der Waals surface area contributed by atoms with Gasteiger partial charge >= 0.3 is 5.91 Å². The van der Waals surface area contributed by atoms with E-state index in [4.69, 9.17) is 31.4 Å². The molecule has 0 spiro atoms. The molecule has 6 aliphatic rings. The highest BCUT2D eigenvalue weighted by Gasteiger charge is 2.50. The SMILES string of the molecule is Nc1ccc(-c2ccccc2)cc1NC(=O)c1cc(C2CC2)c2c(ccn2CCN2CCOCC2)c1.Nc1ccc(-c2ccccc2)cc1[N+]1(CCN2CCOCC2)C(=O)Cc2ccccc21.Nc1ccc(-c2cccs2)cc1NC(=O)c1cc(C2CC2)c2c(ccn2CCN2CCOCC2)c1. The molecule has 3 saturated heterocycles. The average Bonchev–Trinajstić information content (AvgIpc) is 1.55. The second-order valence-electron chi connectivity index (χ2n) is 27.7. The monoisotopic (exact) mass is 1380 g/mol. The van der Waals surface area contributed by atoms with E-state index < -0.39 is 0 Å². The lowest BCUT2D eigenvalue weighted by atomic mass is 10.0. The van der Waals surface area contributed by atoms with Gasteiger partial charge in [-0.1, -0.05) is 103 Å². The number of ether oxygens (including phenoxy) is 3. The number of nitrogens with two attached hydrogens (primary N) is 3.